The van der Waals surface area contributed by atoms with Crippen LogP contribution in [-0.2, 0) is 4.74 Å². The molecule has 5 atom stereocenters. The Morgan fingerprint density at radius 2 is 2.00 bits per heavy atom. The predicted molar refractivity (Wildman–Crippen MR) is 120 cm³/mol. The first-order chi connectivity index (χ1) is 14.6. The van der Waals surface area contributed by atoms with Gasteiger partial charge in [-0.15, -0.1) is 0 Å². The van der Waals surface area contributed by atoms with Crippen LogP contribution in [-0.4, -0.2) is 16.2 Å². The molecule has 2 spiro atoms. The van der Waals surface area contributed by atoms with Crippen LogP contribution in [0.5, 0.6) is 0 Å². The Labute approximate surface area is 179 Å². The highest BCUT2D eigenvalue weighted by molar-refractivity contribution is 5.82. The fourth-order valence-corrected chi connectivity index (χ4v) is 8.23. The topological polar surface area (TPSA) is 22.1 Å². The van der Waals surface area contributed by atoms with E-state index in [1.54, 1.807) is 11.1 Å². The molecule has 0 N–H and O–H groups in total. The second-order valence-electron chi connectivity index (χ2n) is 10.9. The van der Waals surface area contributed by atoms with E-state index in [1.165, 1.54) is 74.1 Å². The zero-order valence-electron chi connectivity index (χ0n) is 18.0. The Bertz CT molecular complexity index is 1110. The molecule has 154 valence electrons. The highest BCUT2D eigenvalue weighted by Gasteiger charge is 2.66. The quantitative estimate of drug-likeness (QED) is 0.524. The second kappa shape index (κ2) is 5.85. The minimum Gasteiger partial charge on any atom is -0.359 e. The Morgan fingerprint density at radius 3 is 2.97 bits per heavy atom. The minimum atomic E-state index is -0.0129. The van der Waals surface area contributed by atoms with E-state index in [4.69, 9.17) is 4.74 Å². The number of fused-ring (bicyclic) bond motifs is 2. The van der Waals surface area contributed by atoms with Crippen LogP contribution in [0.1, 0.15) is 76.2 Å². The molecular weight excluding hydrogens is 366 g/mol. The standard InChI is InChI=1S/C28H31NO/c1-26-12-9-23-17-22-4-2-3-11-27(22)13-14-28(23,30-27)25(26)8-7-24(26)20-6-5-19-10-15-29-18-21(19)16-20/h5-6,9-10,15-18,24-25H,2-4,7-8,11-14H2,1H3. The Hall–Kier alpha value is -1.93. The summed E-state index contributed by atoms with van der Waals surface area (Å²) in [5.41, 5.74) is 5.02. The van der Waals surface area contributed by atoms with Crippen LogP contribution in [0.2, 0.25) is 0 Å². The van der Waals surface area contributed by atoms with Crippen molar-refractivity contribution >= 4 is 10.8 Å². The molecular formula is C28H31NO. The number of nitrogens with zero attached hydrogens (tertiary/aromatic N) is 1. The van der Waals surface area contributed by atoms with Gasteiger partial charge in [-0.05, 0) is 109 Å². The average molecular weight is 398 g/mol. The number of hydrogen-bond donors (Lipinski definition) is 0. The summed E-state index contributed by atoms with van der Waals surface area (Å²) in [4.78, 5) is 4.36. The monoisotopic (exact) mass is 397 g/mol. The molecule has 2 aromatic rings. The smallest absolute Gasteiger partial charge is 0.0974 e. The summed E-state index contributed by atoms with van der Waals surface area (Å²) in [6, 6.07) is 9.21. The predicted octanol–water partition coefficient (Wildman–Crippen LogP) is 6.87. The van der Waals surface area contributed by atoms with E-state index >= 15 is 0 Å². The van der Waals surface area contributed by atoms with Gasteiger partial charge in [0.2, 0.25) is 0 Å². The van der Waals surface area contributed by atoms with Crippen LogP contribution < -0.4 is 0 Å². The van der Waals surface area contributed by atoms with Gasteiger partial charge in [-0.2, -0.15) is 0 Å². The Balaban J connectivity index is 1.32. The van der Waals surface area contributed by atoms with Gasteiger partial charge >= 0.3 is 0 Å². The SMILES string of the molecule is CC12CC=C3C=C4CCCCC45CCC3(O5)C1CCC2c1ccc2ccncc2c1. The van der Waals surface area contributed by atoms with Crippen LogP contribution in [0.3, 0.4) is 0 Å². The van der Waals surface area contributed by atoms with Gasteiger partial charge < -0.3 is 4.74 Å². The van der Waals surface area contributed by atoms with E-state index in [2.05, 4.69) is 48.3 Å². The fourth-order valence-electron chi connectivity index (χ4n) is 8.23. The largest absolute Gasteiger partial charge is 0.359 e. The molecule has 30 heavy (non-hydrogen) atoms. The van der Waals surface area contributed by atoms with Crippen molar-refractivity contribution in [2.24, 2.45) is 11.3 Å². The second-order valence-corrected chi connectivity index (χ2v) is 10.9. The van der Waals surface area contributed by atoms with Crippen molar-refractivity contribution in [3.8, 4) is 0 Å². The van der Waals surface area contributed by atoms with Crippen LogP contribution in [0.25, 0.3) is 10.8 Å². The number of hydrogen-bond acceptors (Lipinski definition) is 2. The number of pyridine rings is 1. The number of allylic oxidation sites excluding steroid dienone is 1. The molecule has 5 aliphatic rings. The van der Waals surface area contributed by atoms with Crippen LogP contribution >= 0.6 is 0 Å². The molecule has 2 bridgehead atoms. The van der Waals surface area contributed by atoms with Crippen molar-refractivity contribution in [2.75, 3.05) is 0 Å². The van der Waals surface area contributed by atoms with Crippen molar-refractivity contribution in [1.82, 2.24) is 4.98 Å². The maximum absolute atomic E-state index is 7.27. The molecule has 1 aromatic carbocycles. The van der Waals surface area contributed by atoms with Crippen LogP contribution in [0, 0.1) is 11.3 Å². The van der Waals surface area contributed by atoms with Crippen molar-refractivity contribution in [2.45, 2.75) is 81.8 Å². The van der Waals surface area contributed by atoms with Gasteiger partial charge in [-0.3, -0.25) is 4.98 Å². The molecule has 1 aromatic heterocycles. The first kappa shape index (κ1) is 17.7. The zero-order chi connectivity index (χ0) is 20.0. The Morgan fingerprint density at radius 1 is 1.03 bits per heavy atom. The van der Waals surface area contributed by atoms with E-state index in [0.29, 0.717) is 11.8 Å². The highest BCUT2D eigenvalue weighted by Crippen LogP contribution is 2.69. The number of ether oxygens (including phenoxy) is 1. The molecule has 0 amide bonds. The maximum atomic E-state index is 7.27. The first-order valence-corrected chi connectivity index (χ1v) is 12.1. The van der Waals surface area contributed by atoms with Crippen LogP contribution in [0.4, 0.5) is 0 Å². The number of benzene rings is 1. The molecule has 1 saturated heterocycles. The third-order valence-electron chi connectivity index (χ3n) is 9.69. The summed E-state index contributed by atoms with van der Waals surface area (Å²) in [5, 5.41) is 2.57. The highest BCUT2D eigenvalue weighted by atomic mass is 16.5. The van der Waals surface area contributed by atoms with Gasteiger partial charge in [0.25, 0.3) is 0 Å². The lowest BCUT2D eigenvalue weighted by molar-refractivity contribution is -0.133. The molecule has 5 unspecified atom stereocenters. The molecule has 3 aliphatic carbocycles. The molecule has 3 heterocycles. The summed E-state index contributed by atoms with van der Waals surface area (Å²) in [5.74, 6) is 1.25. The average Bonchev–Trinajstić information content (AvgIpc) is 3.29. The van der Waals surface area contributed by atoms with Gasteiger partial charge in [0.15, 0.2) is 0 Å². The third kappa shape index (κ3) is 2.11. The Kier molecular flexibility index (Phi) is 3.46. The maximum Gasteiger partial charge on any atom is 0.0974 e. The molecule has 7 rings (SSSR count). The molecule has 2 heteroatoms. The van der Waals surface area contributed by atoms with Crippen molar-refractivity contribution in [3.05, 3.63) is 65.5 Å². The molecule has 2 aliphatic heterocycles. The minimum absolute atomic E-state index is 0.0129. The van der Waals surface area contributed by atoms with E-state index in [0.717, 1.165) is 0 Å². The summed E-state index contributed by atoms with van der Waals surface area (Å²) in [6.45, 7) is 2.57. The lowest BCUT2D eigenvalue weighted by Crippen LogP contribution is -2.53. The normalized spacial score (nSPS) is 41.6. The van der Waals surface area contributed by atoms with E-state index < -0.39 is 0 Å². The lowest BCUT2D eigenvalue weighted by Gasteiger charge is -2.54. The summed E-state index contributed by atoms with van der Waals surface area (Å²) >= 11 is 0. The number of rotatable bonds is 1. The first-order valence-electron chi connectivity index (χ1n) is 12.1. The number of aromatic nitrogens is 1. The summed E-state index contributed by atoms with van der Waals surface area (Å²) < 4.78 is 7.27. The zero-order valence-corrected chi connectivity index (χ0v) is 18.0. The molecule has 2 saturated carbocycles. The summed E-state index contributed by atoms with van der Waals surface area (Å²) in [7, 11) is 0. The fraction of sp³-hybridized carbons (Fsp3) is 0.536. The van der Waals surface area contributed by atoms with Gasteiger partial charge in [0, 0.05) is 17.8 Å². The van der Waals surface area contributed by atoms with Crippen molar-refractivity contribution < 1.29 is 4.74 Å². The molecule has 2 nitrogen and oxygen atoms in total. The van der Waals surface area contributed by atoms with Gasteiger partial charge in [-0.1, -0.05) is 31.2 Å². The lowest BCUT2D eigenvalue weighted by atomic mass is 9.58. The van der Waals surface area contributed by atoms with Crippen molar-refractivity contribution in [1.29, 1.82) is 0 Å². The van der Waals surface area contributed by atoms with E-state index in [1.807, 2.05) is 12.4 Å². The van der Waals surface area contributed by atoms with E-state index in [9.17, 15) is 0 Å². The van der Waals surface area contributed by atoms with Crippen molar-refractivity contribution in [3.63, 3.8) is 0 Å². The van der Waals surface area contributed by atoms with Gasteiger partial charge in [0.1, 0.15) is 0 Å². The van der Waals surface area contributed by atoms with Gasteiger partial charge in [0.05, 0.1) is 11.2 Å². The summed E-state index contributed by atoms with van der Waals surface area (Å²) in [6.07, 6.45) is 20.5. The van der Waals surface area contributed by atoms with E-state index in [-0.39, 0.29) is 16.6 Å². The third-order valence-corrected chi connectivity index (χ3v) is 9.69. The molecule has 0 radical (unpaired) electrons. The van der Waals surface area contributed by atoms with Crippen LogP contribution in [0.15, 0.2) is 60.0 Å². The van der Waals surface area contributed by atoms with Gasteiger partial charge in [-0.25, -0.2) is 0 Å². The molecule has 3 fully saturated rings.